The highest BCUT2D eigenvalue weighted by Crippen LogP contribution is 2.19. The van der Waals surface area contributed by atoms with Crippen molar-refractivity contribution in [3.8, 4) is 0 Å². The van der Waals surface area contributed by atoms with E-state index in [0.717, 1.165) is 5.82 Å². The van der Waals surface area contributed by atoms with Crippen LogP contribution in [0.5, 0.6) is 0 Å². The summed E-state index contributed by atoms with van der Waals surface area (Å²) in [6.07, 6.45) is 0. The Morgan fingerprint density at radius 2 is 2.17 bits per heavy atom. The minimum Gasteiger partial charge on any atom is -0.341 e. The maximum Gasteiger partial charge on any atom is 0.246 e. The number of rotatable bonds is 2. The third-order valence-corrected chi connectivity index (χ3v) is 4.68. The Kier molecular flexibility index (Phi) is 3.49. The van der Waals surface area contributed by atoms with E-state index in [0.29, 0.717) is 37.2 Å². The maximum atomic E-state index is 13.3. The van der Waals surface area contributed by atoms with E-state index in [1.54, 1.807) is 18.0 Å². The van der Waals surface area contributed by atoms with Crippen molar-refractivity contribution in [1.82, 2.24) is 24.7 Å². The second-order valence-corrected chi connectivity index (χ2v) is 6.38. The van der Waals surface area contributed by atoms with E-state index in [1.165, 1.54) is 17.0 Å². The molecule has 1 aromatic carbocycles. The van der Waals surface area contributed by atoms with Crippen molar-refractivity contribution >= 4 is 22.8 Å². The average molecular weight is 331 g/mol. The van der Waals surface area contributed by atoms with Gasteiger partial charge in [-0.3, -0.25) is 14.5 Å². The standard InChI is InChI=1S/C16H18FN5O2/c1-20-9-15(23)22-5-4-21(7-13(22)16(20)24)8-14-18-11-3-2-10(17)6-12(11)19-14/h2-3,6,13H,4-5,7-9H2,1H3,(H,18,19)/t13-/m1/s1. The quantitative estimate of drug-likeness (QED) is 0.852. The Hall–Kier alpha value is -2.48. The topological polar surface area (TPSA) is 72.5 Å². The van der Waals surface area contributed by atoms with Gasteiger partial charge in [0.1, 0.15) is 17.7 Å². The van der Waals surface area contributed by atoms with Gasteiger partial charge in [-0.1, -0.05) is 0 Å². The summed E-state index contributed by atoms with van der Waals surface area (Å²) in [6, 6.07) is 4.02. The predicted molar refractivity (Wildman–Crippen MR) is 84.5 cm³/mol. The van der Waals surface area contributed by atoms with Gasteiger partial charge < -0.3 is 14.8 Å². The summed E-state index contributed by atoms with van der Waals surface area (Å²) in [6.45, 7) is 2.40. The average Bonchev–Trinajstić information content (AvgIpc) is 2.94. The lowest BCUT2D eigenvalue weighted by Crippen LogP contribution is -2.65. The number of likely N-dealkylation sites (N-methyl/N-ethyl adjacent to an activating group) is 1. The van der Waals surface area contributed by atoms with Crippen LogP contribution in [-0.4, -0.2) is 75.8 Å². The van der Waals surface area contributed by atoms with Gasteiger partial charge in [0.15, 0.2) is 0 Å². The molecule has 0 unspecified atom stereocenters. The largest absolute Gasteiger partial charge is 0.341 e. The highest BCUT2D eigenvalue weighted by molar-refractivity contribution is 5.95. The van der Waals surface area contributed by atoms with Crippen LogP contribution in [0.4, 0.5) is 4.39 Å². The molecule has 1 aromatic heterocycles. The zero-order chi connectivity index (χ0) is 16.8. The van der Waals surface area contributed by atoms with Gasteiger partial charge in [0.2, 0.25) is 11.8 Å². The Labute approximate surface area is 138 Å². The molecule has 2 saturated heterocycles. The first-order chi connectivity index (χ1) is 11.5. The Balaban J connectivity index is 1.51. The van der Waals surface area contributed by atoms with Gasteiger partial charge in [-0.25, -0.2) is 9.37 Å². The number of imidazole rings is 1. The second kappa shape index (κ2) is 5.55. The van der Waals surface area contributed by atoms with Crippen LogP contribution in [0.1, 0.15) is 5.82 Å². The highest BCUT2D eigenvalue weighted by atomic mass is 19.1. The highest BCUT2D eigenvalue weighted by Gasteiger charge is 2.41. The van der Waals surface area contributed by atoms with Crippen LogP contribution >= 0.6 is 0 Å². The lowest BCUT2D eigenvalue weighted by Gasteiger charge is -2.45. The number of halogens is 1. The van der Waals surface area contributed by atoms with Crippen LogP contribution in [0.2, 0.25) is 0 Å². The lowest BCUT2D eigenvalue weighted by molar-refractivity contribution is -0.158. The van der Waals surface area contributed by atoms with Gasteiger partial charge in [0.25, 0.3) is 0 Å². The number of H-pyrrole nitrogens is 1. The number of hydrogen-bond donors (Lipinski definition) is 1. The molecule has 2 aliphatic heterocycles. The summed E-state index contributed by atoms with van der Waals surface area (Å²) in [5.41, 5.74) is 1.38. The van der Waals surface area contributed by atoms with Crippen molar-refractivity contribution in [3.05, 3.63) is 29.8 Å². The Bertz CT molecular complexity index is 820. The molecule has 24 heavy (non-hydrogen) atoms. The van der Waals surface area contributed by atoms with Crippen LogP contribution in [0.25, 0.3) is 11.0 Å². The Morgan fingerprint density at radius 1 is 1.33 bits per heavy atom. The van der Waals surface area contributed by atoms with E-state index in [1.807, 2.05) is 0 Å². The molecule has 0 aliphatic carbocycles. The van der Waals surface area contributed by atoms with Crippen LogP contribution in [0, 0.1) is 5.82 Å². The first kappa shape index (κ1) is 15.1. The van der Waals surface area contributed by atoms with Gasteiger partial charge in [-0.2, -0.15) is 0 Å². The number of nitrogens with zero attached hydrogens (tertiary/aromatic N) is 4. The normalized spacial score (nSPS) is 22.3. The summed E-state index contributed by atoms with van der Waals surface area (Å²) < 4.78 is 13.3. The van der Waals surface area contributed by atoms with E-state index in [9.17, 15) is 14.0 Å². The number of nitrogens with one attached hydrogen (secondary N) is 1. The van der Waals surface area contributed by atoms with Crippen molar-refractivity contribution in [2.45, 2.75) is 12.6 Å². The molecule has 2 aromatic rings. The van der Waals surface area contributed by atoms with Gasteiger partial charge in [0.05, 0.1) is 24.1 Å². The minimum atomic E-state index is -0.424. The Morgan fingerprint density at radius 3 is 3.00 bits per heavy atom. The fourth-order valence-corrected chi connectivity index (χ4v) is 3.44. The fourth-order valence-electron chi connectivity index (χ4n) is 3.44. The van der Waals surface area contributed by atoms with Crippen molar-refractivity contribution in [2.75, 3.05) is 33.2 Å². The van der Waals surface area contributed by atoms with E-state index >= 15 is 0 Å². The monoisotopic (exact) mass is 331 g/mol. The van der Waals surface area contributed by atoms with E-state index in [2.05, 4.69) is 14.9 Å². The molecule has 8 heteroatoms. The van der Waals surface area contributed by atoms with E-state index < -0.39 is 6.04 Å². The van der Waals surface area contributed by atoms with Crippen molar-refractivity contribution in [3.63, 3.8) is 0 Å². The number of aromatic nitrogens is 2. The molecule has 126 valence electrons. The van der Waals surface area contributed by atoms with Crippen molar-refractivity contribution in [2.24, 2.45) is 0 Å². The third-order valence-electron chi connectivity index (χ3n) is 4.68. The van der Waals surface area contributed by atoms with E-state index in [4.69, 9.17) is 0 Å². The van der Waals surface area contributed by atoms with Crippen LogP contribution in [-0.2, 0) is 16.1 Å². The van der Waals surface area contributed by atoms with Gasteiger partial charge >= 0.3 is 0 Å². The smallest absolute Gasteiger partial charge is 0.246 e. The zero-order valence-electron chi connectivity index (χ0n) is 13.3. The van der Waals surface area contributed by atoms with E-state index in [-0.39, 0.29) is 24.2 Å². The number of benzene rings is 1. The summed E-state index contributed by atoms with van der Waals surface area (Å²) in [5.74, 6) is 0.402. The third kappa shape index (κ3) is 2.52. The summed E-state index contributed by atoms with van der Waals surface area (Å²) in [7, 11) is 1.66. The summed E-state index contributed by atoms with van der Waals surface area (Å²) in [5, 5.41) is 0. The maximum absolute atomic E-state index is 13.3. The lowest BCUT2D eigenvalue weighted by atomic mass is 10.1. The number of hydrogen-bond acceptors (Lipinski definition) is 4. The molecule has 0 bridgehead atoms. The van der Waals surface area contributed by atoms with Crippen LogP contribution in [0.15, 0.2) is 18.2 Å². The van der Waals surface area contributed by atoms with Crippen LogP contribution in [0.3, 0.4) is 0 Å². The molecule has 7 nitrogen and oxygen atoms in total. The molecule has 0 spiro atoms. The van der Waals surface area contributed by atoms with Crippen LogP contribution < -0.4 is 0 Å². The molecule has 0 saturated carbocycles. The first-order valence-electron chi connectivity index (χ1n) is 7.92. The molecule has 1 N–H and O–H groups in total. The number of piperazine rings is 2. The number of amides is 2. The SMILES string of the molecule is CN1CC(=O)N2CCN(Cc3nc4ccc(F)cc4[nH]3)C[C@@H]2C1=O. The number of carbonyl (C=O) groups is 2. The predicted octanol–water partition coefficient (Wildman–Crippen LogP) is 0.187. The molecule has 2 amide bonds. The van der Waals surface area contributed by atoms with Crippen molar-refractivity contribution in [1.29, 1.82) is 0 Å². The molecule has 4 rings (SSSR count). The summed E-state index contributed by atoms with van der Waals surface area (Å²) >= 11 is 0. The number of fused-ring (bicyclic) bond motifs is 2. The van der Waals surface area contributed by atoms with Gasteiger partial charge in [0, 0.05) is 26.7 Å². The molecule has 1 atom stereocenters. The van der Waals surface area contributed by atoms with Crippen molar-refractivity contribution < 1.29 is 14.0 Å². The first-order valence-corrected chi connectivity index (χ1v) is 7.92. The summed E-state index contributed by atoms with van der Waals surface area (Å²) in [4.78, 5) is 37.2. The number of carbonyl (C=O) groups excluding carboxylic acids is 2. The fraction of sp³-hybridized carbons (Fsp3) is 0.438. The molecule has 2 aliphatic rings. The second-order valence-electron chi connectivity index (χ2n) is 6.38. The minimum absolute atomic E-state index is 0.000891. The molecular weight excluding hydrogens is 313 g/mol. The van der Waals surface area contributed by atoms with Gasteiger partial charge in [-0.05, 0) is 18.2 Å². The molecule has 0 radical (unpaired) electrons. The molecule has 2 fully saturated rings. The number of aromatic amines is 1. The van der Waals surface area contributed by atoms with Gasteiger partial charge in [-0.15, -0.1) is 0 Å². The zero-order valence-corrected chi connectivity index (χ0v) is 13.3. The molecule has 3 heterocycles. The molecular formula is C16H18FN5O2.